The summed E-state index contributed by atoms with van der Waals surface area (Å²) in [4.78, 5) is 15.4. The summed E-state index contributed by atoms with van der Waals surface area (Å²) >= 11 is 1.81. The zero-order valence-corrected chi connectivity index (χ0v) is 28.1. The van der Waals surface area contributed by atoms with Gasteiger partial charge in [0.15, 0.2) is 17.5 Å². The molecule has 5 heteroatoms. The highest BCUT2D eigenvalue weighted by Crippen LogP contribution is 2.44. The van der Waals surface area contributed by atoms with Crippen LogP contribution < -0.4 is 0 Å². The van der Waals surface area contributed by atoms with Gasteiger partial charge >= 0.3 is 0 Å². The van der Waals surface area contributed by atoms with Crippen LogP contribution in [0.4, 0.5) is 0 Å². The van der Waals surface area contributed by atoms with Crippen LogP contribution in [0.3, 0.4) is 0 Å². The molecular weight excluding hydrogens is 643 g/mol. The maximum atomic E-state index is 6.28. The third-order valence-electron chi connectivity index (χ3n) is 10.2. The molecule has 10 aromatic rings. The molecule has 0 saturated carbocycles. The molecular formula is C46H27N3OS. The Kier molecular flexibility index (Phi) is 6.15. The van der Waals surface area contributed by atoms with Crippen molar-refractivity contribution in [2.45, 2.75) is 6.42 Å². The Hall–Kier alpha value is -6.43. The van der Waals surface area contributed by atoms with Gasteiger partial charge in [0.05, 0.1) is 0 Å². The highest BCUT2D eigenvalue weighted by Gasteiger charge is 2.23. The Labute approximate surface area is 297 Å². The summed E-state index contributed by atoms with van der Waals surface area (Å²) in [5.74, 6) is 1.91. The summed E-state index contributed by atoms with van der Waals surface area (Å²) in [5.41, 5.74) is 12.2. The third-order valence-corrected chi connectivity index (χ3v) is 11.3. The van der Waals surface area contributed by atoms with E-state index < -0.39 is 0 Å². The Morgan fingerprint density at radius 1 is 0.412 bits per heavy atom. The maximum Gasteiger partial charge on any atom is 0.164 e. The van der Waals surface area contributed by atoms with Gasteiger partial charge in [-0.25, -0.2) is 15.0 Å². The topological polar surface area (TPSA) is 51.8 Å². The summed E-state index contributed by atoms with van der Waals surface area (Å²) in [6.45, 7) is 0. The zero-order chi connectivity index (χ0) is 33.5. The van der Waals surface area contributed by atoms with Crippen molar-refractivity contribution in [1.29, 1.82) is 0 Å². The molecule has 51 heavy (non-hydrogen) atoms. The first-order valence-corrected chi connectivity index (χ1v) is 18.0. The summed E-state index contributed by atoms with van der Waals surface area (Å²) in [6, 6.07) is 53.5. The molecule has 3 aromatic heterocycles. The molecule has 0 radical (unpaired) electrons. The van der Waals surface area contributed by atoms with Gasteiger partial charge in [0.1, 0.15) is 11.2 Å². The predicted molar refractivity (Wildman–Crippen MR) is 210 cm³/mol. The van der Waals surface area contributed by atoms with Crippen LogP contribution in [-0.4, -0.2) is 15.0 Å². The van der Waals surface area contributed by atoms with Crippen LogP contribution >= 0.6 is 11.3 Å². The number of thiophene rings is 1. The molecule has 0 spiro atoms. The van der Waals surface area contributed by atoms with Crippen LogP contribution in [-0.2, 0) is 6.42 Å². The molecule has 7 aromatic carbocycles. The van der Waals surface area contributed by atoms with Gasteiger partial charge in [-0.05, 0) is 88.3 Å². The lowest BCUT2D eigenvalue weighted by Gasteiger charge is -2.11. The van der Waals surface area contributed by atoms with Crippen LogP contribution in [0.1, 0.15) is 11.1 Å². The predicted octanol–water partition coefficient (Wildman–Crippen LogP) is 12.4. The van der Waals surface area contributed by atoms with E-state index in [4.69, 9.17) is 19.4 Å². The molecule has 4 nitrogen and oxygen atoms in total. The van der Waals surface area contributed by atoms with E-state index in [2.05, 4.69) is 133 Å². The largest absolute Gasteiger partial charge is 0.456 e. The van der Waals surface area contributed by atoms with Crippen molar-refractivity contribution >= 4 is 53.4 Å². The van der Waals surface area contributed by atoms with E-state index >= 15 is 0 Å². The summed E-state index contributed by atoms with van der Waals surface area (Å²) in [5, 5.41) is 4.63. The van der Waals surface area contributed by atoms with Gasteiger partial charge in [0, 0.05) is 47.6 Å². The Bertz CT molecular complexity index is 3010. The second kappa shape index (κ2) is 11.0. The van der Waals surface area contributed by atoms with Gasteiger partial charge in [0.25, 0.3) is 0 Å². The van der Waals surface area contributed by atoms with Crippen LogP contribution in [0.25, 0.3) is 98.5 Å². The van der Waals surface area contributed by atoms with E-state index in [-0.39, 0.29) is 0 Å². The lowest BCUT2D eigenvalue weighted by Crippen LogP contribution is -2.00. The van der Waals surface area contributed by atoms with E-state index in [9.17, 15) is 0 Å². The number of rotatable bonds is 4. The average Bonchev–Trinajstić information content (AvgIpc) is 3.88. The number of benzene rings is 7. The first-order valence-electron chi connectivity index (χ1n) is 17.1. The fourth-order valence-corrected chi connectivity index (χ4v) is 8.83. The maximum absolute atomic E-state index is 6.28. The standard InChI is InChI=1S/C46H27N3OS/c1-2-9-27(10-3-1)33-14-8-11-28-23-32-24-29(17-20-34(32)43(28)33)44-47-45(30-19-22-42-38(25-30)37-13-5-7-16-41(37)51-42)49-46(48-44)31-18-21-36-35-12-4-6-15-39(35)50-40(36)26-31/h1-22,24-26H,23H2. The van der Waals surface area contributed by atoms with E-state index in [0.717, 1.165) is 45.0 Å². The van der Waals surface area contributed by atoms with E-state index in [1.54, 1.807) is 0 Å². The third kappa shape index (κ3) is 4.55. The van der Waals surface area contributed by atoms with Crippen molar-refractivity contribution in [2.24, 2.45) is 0 Å². The molecule has 0 fully saturated rings. The van der Waals surface area contributed by atoms with E-state index in [1.807, 2.05) is 29.5 Å². The SMILES string of the molecule is c1ccc(-c2cccc3c2-c2ccc(-c4nc(-c5ccc6c(c5)oc5ccccc56)nc(-c5ccc6sc7ccccc7c6c5)n4)cc2C3)cc1. The fourth-order valence-electron chi connectivity index (χ4n) is 7.75. The van der Waals surface area contributed by atoms with Crippen LogP contribution in [0.15, 0.2) is 156 Å². The average molecular weight is 670 g/mol. The Morgan fingerprint density at radius 3 is 1.94 bits per heavy atom. The zero-order valence-electron chi connectivity index (χ0n) is 27.3. The summed E-state index contributed by atoms with van der Waals surface area (Å²) in [7, 11) is 0. The van der Waals surface area contributed by atoms with Crippen LogP contribution in [0, 0.1) is 0 Å². The molecule has 0 N–H and O–H groups in total. The van der Waals surface area contributed by atoms with Gasteiger partial charge in [-0.1, -0.05) is 103 Å². The lowest BCUT2D eigenvalue weighted by molar-refractivity contribution is 0.669. The Morgan fingerprint density at radius 2 is 1.08 bits per heavy atom. The van der Waals surface area contributed by atoms with Crippen LogP contribution in [0.2, 0.25) is 0 Å². The normalized spacial score (nSPS) is 12.2. The summed E-state index contributed by atoms with van der Waals surface area (Å²) < 4.78 is 8.80. The number of hydrogen-bond donors (Lipinski definition) is 0. The number of para-hydroxylation sites is 1. The molecule has 3 heterocycles. The number of aromatic nitrogens is 3. The Balaban J connectivity index is 1.08. The number of furan rings is 1. The molecule has 0 atom stereocenters. The van der Waals surface area contributed by atoms with Crippen molar-refractivity contribution in [3.63, 3.8) is 0 Å². The minimum Gasteiger partial charge on any atom is -0.456 e. The lowest BCUT2D eigenvalue weighted by atomic mass is 9.94. The van der Waals surface area contributed by atoms with Crippen LogP contribution in [0.5, 0.6) is 0 Å². The molecule has 1 aliphatic carbocycles. The second-order valence-corrected chi connectivity index (χ2v) is 14.3. The van der Waals surface area contributed by atoms with Gasteiger partial charge in [0.2, 0.25) is 0 Å². The first kappa shape index (κ1) is 28.4. The minimum absolute atomic E-state index is 0.614. The highest BCUT2D eigenvalue weighted by atomic mass is 32.1. The minimum atomic E-state index is 0.614. The first-order chi connectivity index (χ1) is 25.2. The van der Waals surface area contributed by atoms with Gasteiger partial charge in [-0.3, -0.25) is 0 Å². The second-order valence-electron chi connectivity index (χ2n) is 13.2. The molecule has 1 aliphatic rings. The molecule has 11 rings (SSSR count). The number of nitrogens with zero attached hydrogens (tertiary/aromatic N) is 3. The van der Waals surface area contributed by atoms with E-state index in [0.29, 0.717) is 17.5 Å². The quantitative estimate of drug-likeness (QED) is 0.187. The van der Waals surface area contributed by atoms with Crippen molar-refractivity contribution in [3.05, 3.63) is 163 Å². The van der Waals surface area contributed by atoms with Gasteiger partial charge < -0.3 is 4.42 Å². The highest BCUT2D eigenvalue weighted by molar-refractivity contribution is 7.25. The van der Waals surface area contributed by atoms with Gasteiger partial charge in [-0.2, -0.15) is 0 Å². The molecule has 0 amide bonds. The number of fused-ring (bicyclic) bond motifs is 9. The summed E-state index contributed by atoms with van der Waals surface area (Å²) in [6.07, 6.45) is 0.870. The van der Waals surface area contributed by atoms with Crippen molar-refractivity contribution < 1.29 is 4.42 Å². The van der Waals surface area contributed by atoms with E-state index in [1.165, 1.54) is 53.6 Å². The molecule has 238 valence electrons. The molecule has 0 unspecified atom stereocenters. The smallest absolute Gasteiger partial charge is 0.164 e. The molecule has 0 saturated heterocycles. The van der Waals surface area contributed by atoms with Crippen molar-refractivity contribution in [1.82, 2.24) is 15.0 Å². The molecule has 0 bridgehead atoms. The van der Waals surface area contributed by atoms with Crippen molar-refractivity contribution in [3.8, 4) is 56.4 Å². The van der Waals surface area contributed by atoms with Gasteiger partial charge in [-0.15, -0.1) is 11.3 Å². The monoisotopic (exact) mass is 669 g/mol. The fraction of sp³-hybridized carbons (Fsp3) is 0.0217. The molecule has 0 aliphatic heterocycles. The van der Waals surface area contributed by atoms with Crippen molar-refractivity contribution in [2.75, 3.05) is 0 Å². The number of hydrogen-bond acceptors (Lipinski definition) is 5.